The Hall–Kier alpha value is -0.160. The molecule has 3 fully saturated rings. The zero-order valence-electron chi connectivity index (χ0n) is 13.3. The van der Waals surface area contributed by atoms with Crippen molar-refractivity contribution in [3.05, 3.63) is 0 Å². The highest BCUT2D eigenvalue weighted by molar-refractivity contribution is 4.97. The summed E-state index contributed by atoms with van der Waals surface area (Å²) in [5.74, 6) is -0.273. The van der Waals surface area contributed by atoms with Crippen molar-refractivity contribution in [2.45, 2.75) is 63.8 Å². The van der Waals surface area contributed by atoms with E-state index in [1.165, 1.54) is 25.9 Å². The van der Waals surface area contributed by atoms with E-state index in [1.807, 2.05) is 0 Å². The van der Waals surface area contributed by atoms with Crippen LogP contribution >= 0.6 is 0 Å². The maximum atomic E-state index is 5.96. The van der Waals surface area contributed by atoms with Gasteiger partial charge < -0.3 is 14.8 Å². The van der Waals surface area contributed by atoms with E-state index < -0.39 is 0 Å². The molecule has 2 aliphatic heterocycles. The molecule has 1 aliphatic carbocycles. The lowest BCUT2D eigenvalue weighted by molar-refractivity contribution is -0.194. The van der Waals surface area contributed by atoms with Gasteiger partial charge in [0.05, 0.1) is 13.2 Å². The second kappa shape index (κ2) is 5.56. The van der Waals surface area contributed by atoms with Crippen molar-refractivity contribution in [3.63, 3.8) is 0 Å². The summed E-state index contributed by atoms with van der Waals surface area (Å²) in [5, 5.41) is 3.53. The second-order valence-corrected chi connectivity index (χ2v) is 7.51. The van der Waals surface area contributed by atoms with Gasteiger partial charge in [-0.25, -0.2) is 0 Å². The van der Waals surface area contributed by atoms with Crippen LogP contribution in [0.25, 0.3) is 0 Å². The van der Waals surface area contributed by atoms with Crippen molar-refractivity contribution in [3.8, 4) is 0 Å². The van der Waals surface area contributed by atoms with Crippen molar-refractivity contribution in [1.29, 1.82) is 0 Å². The van der Waals surface area contributed by atoms with Gasteiger partial charge in [-0.3, -0.25) is 4.90 Å². The van der Waals surface area contributed by atoms with Crippen LogP contribution < -0.4 is 5.32 Å². The molecule has 2 heterocycles. The summed E-state index contributed by atoms with van der Waals surface area (Å²) >= 11 is 0. The van der Waals surface area contributed by atoms with Crippen LogP contribution in [0.3, 0.4) is 0 Å². The summed E-state index contributed by atoms with van der Waals surface area (Å²) in [6.07, 6.45) is 5.82. The van der Waals surface area contributed by atoms with Crippen LogP contribution in [-0.2, 0) is 9.47 Å². The van der Waals surface area contributed by atoms with Crippen LogP contribution in [0.4, 0.5) is 0 Å². The molecule has 2 saturated heterocycles. The van der Waals surface area contributed by atoms with Crippen molar-refractivity contribution in [1.82, 2.24) is 10.2 Å². The number of likely N-dealkylation sites (tertiary alicyclic amines) is 1. The van der Waals surface area contributed by atoms with Gasteiger partial charge in [-0.05, 0) is 44.8 Å². The van der Waals surface area contributed by atoms with Gasteiger partial charge in [0.2, 0.25) is 0 Å². The predicted octanol–water partition coefficient (Wildman–Crippen LogP) is 1.99. The second-order valence-electron chi connectivity index (χ2n) is 7.51. The van der Waals surface area contributed by atoms with Crippen molar-refractivity contribution >= 4 is 0 Å². The number of ether oxygens (including phenoxy) is 2. The summed E-state index contributed by atoms with van der Waals surface area (Å²) < 4.78 is 11.9. The fraction of sp³-hybridized carbons (Fsp3) is 1.00. The molecule has 116 valence electrons. The molecule has 3 aliphatic rings. The Morgan fingerprint density at radius 1 is 1.05 bits per heavy atom. The van der Waals surface area contributed by atoms with Crippen molar-refractivity contribution in [2.75, 3.05) is 33.4 Å². The summed E-state index contributed by atoms with van der Waals surface area (Å²) in [4.78, 5) is 2.68. The van der Waals surface area contributed by atoms with E-state index in [0.717, 1.165) is 32.5 Å². The third kappa shape index (κ3) is 2.89. The van der Waals surface area contributed by atoms with Gasteiger partial charge in [-0.15, -0.1) is 0 Å². The molecule has 1 saturated carbocycles. The summed E-state index contributed by atoms with van der Waals surface area (Å²) in [7, 11) is 2.10. The molecule has 2 unspecified atom stereocenters. The predicted molar refractivity (Wildman–Crippen MR) is 79.7 cm³/mol. The van der Waals surface area contributed by atoms with E-state index in [2.05, 4.69) is 31.1 Å². The fourth-order valence-electron chi connectivity index (χ4n) is 4.07. The van der Waals surface area contributed by atoms with E-state index in [0.29, 0.717) is 17.5 Å². The quantitative estimate of drug-likeness (QED) is 0.840. The summed E-state index contributed by atoms with van der Waals surface area (Å²) in [6, 6.07) is 1.14. The van der Waals surface area contributed by atoms with E-state index in [4.69, 9.17) is 9.47 Å². The fourth-order valence-corrected chi connectivity index (χ4v) is 4.07. The van der Waals surface area contributed by atoms with Crippen LogP contribution in [0.15, 0.2) is 0 Å². The molecule has 4 nitrogen and oxygen atoms in total. The topological polar surface area (TPSA) is 33.7 Å². The zero-order chi connectivity index (χ0) is 14.2. The molecule has 1 N–H and O–H groups in total. The average molecular weight is 282 g/mol. The highest BCUT2D eigenvalue weighted by atomic mass is 16.7. The van der Waals surface area contributed by atoms with E-state index in [1.54, 1.807) is 0 Å². The third-order valence-corrected chi connectivity index (χ3v) is 5.63. The standard InChI is InChI=1S/C16H30N2O2/c1-15(2)6-8-18(9-7-15)14-12-16(19-10-11-20-16)5-4-13(14)17-3/h13-14,17H,4-12H2,1-3H3. The Labute approximate surface area is 123 Å². The summed E-state index contributed by atoms with van der Waals surface area (Å²) in [6.45, 7) is 8.75. The van der Waals surface area contributed by atoms with Gasteiger partial charge >= 0.3 is 0 Å². The number of nitrogens with zero attached hydrogens (tertiary/aromatic N) is 1. The van der Waals surface area contributed by atoms with Crippen LogP contribution in [0.5, 0.6) is 0 Å². The molecule has 20 heavy (non-hydrogen) atoms. The Morgan fingerprint density at radius 3 is 2.30 bits per heavy atom. The van der Waals surface area contributed by atoms with Crippen molar-refractivity contribution < 1.29 is 9.47 Å². The minimum absolute atomic E-state index is 0.273. The number of piperidine rings is 1. The van der Waals surface area contributed by atoms with E-state index >= 15 is 0 Å². The molecule has 2 atom stereocenters. The first-order valence-electron chi connectivity index (χ1n) is 8.23. The number of nitrogens with one attached hydrogen (secondary N) is 1. The number of rotatable bonds is 2. The first-order chi connectivity index (χ1) is 9.54. The van der Waals surface area contributed by atoms with Crippen LogP contribution in [0, 0.1) is 5.41 Å². The largest absolute Gasteiger partial charge is 0.347 e. The highest BCUT2D eigenvalue weighted by Gasteiger charge is 2.47. The minimum atomic E-state index is -0.273. The Kier molecular flexibility index (Phi) is 4.10. The SMILES string of the molecule is CNC1CCC2(CC1N1CCC(C)(C)CC1)OCCO2. The smallest absolute Gasteiger partial charge is 0.170 e. The number of likely N-dealkylation sites (N-methyl/N-ethyl adjacent to an activating group) is 1. The van der Waals surface area contributed by atoms with Crippen LogP contribution in [-0.4, -0.2) is 56.1 Å². The average Bonchev–Trinajstić information content (AvgIpc) is 2.87. The Bertz CT molecular complexity index is 329. The molecule has 3 rings (SSSR count). The monoisotopic (exact) mass is 282 g/mol. The molecule has 0 amide bonds. The Balaban J connectivity index is 1.68. The molecule has 0 aromatic carbocycles. The molecular formula is C16H30N2O2. The lowest BCUT2D eigenvalue weighted by Gasteiger charge is -2.49. The van der Waals surface area contributed by atoms with Gasteiger partial charge in [0.25, 0.3) is 0 Å². The maximum absolute atomic E-state index is 5.96. The molecule has 0 bridgehead atoms. The number of hydrogen-bond donors (Lipinski definition) is 1. The Morgan fingerprint density at radius 2 is 1.70 bits per heavy atom. The van der Waals surface area contributed by atoms with Gasteiger partial charge in [-0.2, -0.15) is 0 Å². The van der Waals surface area contributed by atoms with Crippen molar-refractivity contribution in [2.24, 2.45) is 5.41 Å². The molecule has 0 aromatic rings. The third-order valence-electron chi connectivity index (χ3n) is 5.63. The lowest BCUT2D eigenvalue weighted by atomic mass is 9.79. The molecule has 0 radical (unpaired) electrons. The minimum Gasteiger partial charge on any atom is -0.347 e. The molecule has 0 aromatic heterocycles. The zero-order valence-corrected chi connectivity index (χ0v) is 13.3. The summed E-state index contributed by atoms with van der Waals surface area (Å²) in [5.41, 5.74) is 0.512. The first-order valence-corrected chi connectivity index (χ1v) is 8.23. The molecule has 4 heteroatoms. The molecular weight excluding hydrogens is 252 g/mol. The molecule has 1 spiro atoms. The lowest BCUT2D eigenvalue weighted by Crippen LogP contribution is -2.58. The van der Waals surface area contributed by atoms with Gasteiger partial charge in [0.15, 0.2) is 5.79 Å². The van der Waals surface area contributed by atoms with Crippen LogP contribution in [0.2, 0.25) is 0 Å². The first kappa shape index (κ1) is 14.8. The highest BCUT2D eigenvalue weighted by Crippen LogP contribution is 2.40. The van der Waals surface area contributed by atoms with Gasteiger partial charge in [0, 0.05) is 24.9 Å². The maximum Gasteiger partial charge on any atom is 0.170 e. The van der Waals surface area contributed by atoms with Crippen LogP contribution in [0.1, 0.15) is 46.0 Å². The van der Waals surface area contributed by atoms with E-state index in [-0.39, 0.29) is 5.79 Å². The van der Waals surface area contributed by atoms with E-state index in [9.17, 15) is 0 Å². The normalized spacial score (nSPS) is 37.4. The van der Waals surface area contributed by atoms with Gasteiger partial charge in [0.1, 0.15) is 0 Å². The van der Waals surface area contributed by atoms with Gasteiger partial charge in [-0.1, -0.05) is 13.8 Å². The number of hydrogen-bond acceptors (Lipinski definition) is 4.